The number of para-hydroxylation sites is 2. The summed E-state index contributed by atoms with van der Waals surface area (Å²) in [6, 6.07) is 17.5. The number of hydrogen-bond donors (Lipinski definition) is 0. The maximum absolute atomic E-state index is 12.5. The van der Waals surface area contributed by atoms with Gasteiger partial charge in [0.1, 0.15) is 0 Å². The molecule has 1 amide bonds. The second-order valence-electron chi connectivity index (χ2n) is 5.96. The van der Waals surface area contributed by atoms with Gasteiger partial charge in [-0.1, -0.05) is 42.5 Å². The van der Waals surface area contributed by atoms with Gasteiger partial charge in [0, 0.05) is 19.5 Å². The summed E-state index contributed by atoms with van der Waals surface area (Å²) in [6.45, 7) is 1.73. The molecule has 1 heterocycles. The Hall–Kier alpha value is -2.53. The van der Waals surface area contributed by atoms with Gasteiger partial charge in [0.2, 0.25) is 0 Å². The molecule has 5 nitrogen and oxygen atoms in total. The number of carbonyl (C=O) groups is 1. The lowest BCUT2D eigenvalue weighted by atomic mass is 10.1. The van der Waals surface area contributed by atoms with Crippen LogP contribution in [0.25, 0.3) is 0 Å². The third kappa shape index (κ3) is 4.73. The highest BCUT2D eigenvalue weighted by molar-refractivity contribution is 5.78. The third-order valence-corrected chi connectivity index (χ3v) is 4.22. The second-order valence-corrected chi connectivity index (χ2v) is 5.96. The van der Waals surface area contributed by atoms with Crippen molar-refractivity contribution in [2.75, 3.05) is 33.4 Å². The molecular weight excluding hydrogens is 318 g/mol. The summed E-state index contributed by atoms with van der Waals surface area (Å²) < 4.78 is 16.7. The summed E-state index contributed by atoms with van der Waals surface area (Å²) in [4.78, 5) is 14.3. The molecule has 0 spiro atoms. The fourth-order valence-corrected chi connectivity index (χ4v) is 2.92. The van der Waals surface area contributed by atoms with E-state index in [4.69, 9.17) is 14.2 Å². The van der Waals surface area contributed by atoms with Crippen molar-refractivity contribution in [1.82, 2.24) is 4.90 Å². The van der Waals surface area contributed by atoms with E-state index in [2.05, 4.69) is 12.1 Å². The molecule has 1 aliphatic heterocycles. The molecule has 5 heteroatoms. The summed E-state index contributed by atoms with van der Waals surface area (Å²) in [5, 5.41) is 0. The molecular formula is C20H23NO4. The van der Waals surface area contributed by atoms with Gasteiger partial charge in [0.05, 0.1) is 19.8 Å². The van der Waals surface area contributed by atoms with E-state index in [-0.39, 0.29) is 18.6 Å². The zero-order valence-corrected chi connectivity index (χ0v) is 14.4. The van der Waals surface area contributed by atoms with Crippen molar-refractivity contribution in [2.24, 2.45) is 0 Å². The maximum atomic E-state index is 12.5. The summed E-state index contributed by atoms with van der Waals surface area (Å²) in [6.07, 6.45) is 0.823. The minimum Gasteiger partial charge on any atom is -0.493 e. The molecule has 0 N–H and O–H groups in total. The first-order valence-electron chi connectivity index (χ1n) is 8.45. The zero-order chi connectivity index (χ0) is 17.5. The highest BCUT2D eigenvalue weighted by atomic mass is 16.5. The van der Waals surface area contributed by atoms with E-state index < -0.39 is 0 Å². The van der Waals surface area contributed by atoms with Crippen LogP contribution in [0.3, 0.4) is 0 Å². The summed E-state index contributed by atoms with van der Waals surface area (Å²) in [5.74, 6) is 1.17. The predicted octanol–water partition coefficient (Wildman–Crippen LogP) is 2.54. The first kappa shape index (κ1) is 17.3. The number of rotatable bonds is 6. The van der Waals surface area contributed by atoms with Crippen LogP contribution in [-0.4, -0.2) is 50.3 Å². The highest BCUT2D eigenvalue weighted by Crippen LogP contribution is 2.25. The van der Waals surface area contributed by atoms with Crippen molar-refractivity contribution >= 4 is 5.91 Å². The Kier molecular flexibility index (Phi) is 5.90. The Morgan fingerprint density at radius 3 is 2.60 bits per heavy atom. The van der Waals surface area contributed by atoms with Crippen LogP contribution >= 0.6 is 0 Å². The Labute approximate surface area is 148 Å². The predicted molar refractivity (Wildman–Crippen MR) is 95.0 cm³/mol. The standard InChI is InChI=1S/C20H23NO4/c1-23-18-9-5-6-10-19(18)25-15-20(22)21-11-12-24-17(14-21)13-16-7-3-2-4-8-16/h2-10,17H,11-15H2,1H3. The third-order valence-electron chi connectivity index (χ3n) is 4.22. The van der Waals surface area contributed by atoms with E-state index in [1.165, 1.54) is 5.56 Å². The molecule has 0 radical (unpaired) electrons. The molecule has 0 bridgehead atoms. The molecule has 1 aliphatic rings. The maximum Gasteiger partial charge on any atom is 0.260 e. The fourth-order valence-electron chi connectivity index (χ4n) is 2.92. The van der Waals surface area contributed by atoms with Crippen molar-refractivity contribution in [3.05, 3.63) is 60.2 Å². The number of methoxy groups -OCH3 is 1. The van der Waals surface area contributed by atoms with E-state index in [0.717, 1.165) is 6.42 Å². The van der Waals surface area contributed by atoms with Gasteiger partial charge < -0.3 is 19.1 Å². The quantitative estimate of drug-likeness (QED) is 0.810. The molecule has 1 saturated heterocycles. The SMILES string of the molecule is COc1ccccc1OCC(=O)N1CCOC(Cc2ccccc2)C1. The lowest BCUT2D eigenvalue weighted by Crippen LogP contribution is -2.47. The second kappa shape index (κ2) is 8.53. The van der Waals surface area contributed by atoms with Crippen molar-refractivity contribution in [3.63, 3.8) is 0 Å². The van der Waals surface area contributed by atoms with Crippen LogP contribution in [0.4, 0.5) is 0 Å². The number of amides is 1. The van der Waals surface area contributed by atoms with Gasteiger partial charge in [0.15, 0.2) is 18.1 Å². The summed E-state index contributed by atoms with van der Waals surface area (Å²) >= 11 is 0. The molecule has 0 aromatic heterocycles. The lowest BCUT2D eigenvalue weighted by Gasteiger charge is -2.33. The van der Waals surface area contributed by atoms with Crippen LogP contribution in [0, 0.1) is 0 Å². The Balaban J connectivity index is 1.53. The van der Waals surface area contributed by atoms with Crippen LogP contribution in [0.15, 0.2) is 54.6 Å². The molecule has 1 fully saturated rings. The Morgan fingerprint density at radius 1 is 1.12 bits per heavy atom. The van der Waals surface area contributed by atoms with E-state index in [1.807, 2.05) is 41.3 Å². The molecule has 0 aliphatic carbocycles. The lowest BCUT2D eigenvalue weighted by molar-refractivity contribution is -0.140. The molecule has 1 unspecified atom stereocenters. The van der Waals surface area contributed by atoms with E-state index in [1.54, 1.807) is 13.2 Å². The van der Waals surface area contributed by atoms with Crippen molar-refractivity contribution < 1.29 is 19.0 Å². The van der Waals surface area contributed by atoms with E-state index >= 15 is 0 Å². The monoisotopic (exact) mass is 341 g/mol. The smallest absolute Gasteiger partial charge is 0.260 e. The fraction of sp³-hybridized carbons (Fsp3) is 0.350. The molecule has 2 aromatic carbocycles. The van der Waals surface area contributed by atoms with Crippen molar-refractivity contribution in [3.8, 4) is 11.5 Å². The largest absolute Gasteiger partial charge is 0.493 e. The van der Waals surface area contributed by atoms with Crippen LogP contribution in [0.5, 0.6) is 11.5 Å². The van der Waals surface area contributed by atoms with Crippen molar-refractivity contribution in [1.29, 1.82) is 0 Å². The van der Waals surface area contributed by atoms with E-state index in [9.17, 15) is 4.79 Å². The van der Waals surface area contributed by atoms with Gasteiger partial charge in [-0.2, -0.15) is 0 Å². The Bertz CT molecular complexity index is 689. The molecule has 25 heavy (non-hydrogen) atoms. The Morgan fingerprint density at radius 2 is 1.84 bits per heavy atom. The van der Waals surface area contributed by atoms with Gasteiger partial charge in [0.25, 0.3) is 5.91 Å². The summed E-state index contributed by atoms with van der Waals surface area (Å²) in [7, 11) is 1.58. The average Bonchev–Trinajstić information content (AvgIpc) is 2.67. The van der Waals surface area contributed by atoms with Gasteiger partial charge >= 0.3 is 0 Å². The topological polar surface area (TPSA) is 48.0 Å². The molecule has 3 rings (SSSR count). The number of benzene rings is 2. The molecule has 132 valence electrons. The van der Waals surface area contributed by atoms with Crippen LogP contribution in [-0.2, 0) is 16.0 Å². The van der Waals surface area contributed by atoms with Gasteiger partial charge in [-0.3, -0.25) is 4.79 Å². The minimum absolute atomic E-state index is 0.00156. The zero-order valence-electron chi connectivity index (χ0n) is 14.4. The number of carbonyl (C=O) groups excluding carboxylic acids is 1. The molecule has 1 atom stereocenters. The minimum atomic E-state index is -0.0349. The average molecular weight is 341 g/mol. The first-order chi connectivity index (χ1) is 12.3. The van der Waals surface area contributed by atoms with Gasteiger partial charge in [-0.15, -0.1) is 0 Å². The van der Waals surface area contributed by atoms with Crippen molar-refractivity contribution in [2.45, 2.75) is 12.5 Å². The van der Waals surface area contributed by atoms with Gasteiger partial charge in [-0.05, 0) is 17.7 Å². The molecule has 2 aromatic rings. The van der Waals surface area contributed by atoms with E-state index in [0.29, 0.717) is 31.2 Å². The van der Waals surface area contributed by atoms with Gasteiger partial charge in [-0.25, -0.2) is 0 Å². The van der Waals surface area contributed by atoms with Crippen LogP contribution < -0.4 is 9.47 Å². The number of hydrogen-bond acceptors (Lipinski definition) is 4. The number of nitrogens with zero attached hydrogens (tertiary/aromatic N) is 1. The summed E-state index contributed by atoms with van der Waals surface area (Å²) in [5.41, 5.74) is 1.21. The normalized spacial score (nSPS) is 17.2. The molecule has 0 saturated carbocycles. The number of ether oxygens (including phenoxy) is 3. The highest BCUT2D eigenvalue weighted by Gasteiger charge is 2.24. The first-order valence-corrected chi connectivity index (χ1v) is 8.45. The van der Waals surface area contributed by atoms with Crippen LogP contribution in [0.1, 0.15) is 5.56 Å². The number of morpholine rings is 1. The van der Waals surface area contributed by atoms with Crippen LogP contribution in [0.2, 0.25) is 0 Å².